The van der Waals surface area contributed by atoms with Gasteiger partial charge < -0.3 is 19.8 Å². The Morgan fingerprint density at radius 1 is 0.951 bits per heavy atom. The van der Waals surface area contributed by atoms with Gasteiger partial charge in [0.05, 0.1) is 16.3 Å². The number of hydrogen-bond acceptors (Lipinski definition) is 8. The van der Waals surface area contributed by atoms with E-state index in [0.717, 1.165) is 58.6 Å². The standard InChI is InChI=1S/C31H31ClN4O4S/c1-41(37,38)17-16-33-15-5-8-25-11-14-29(40-25)23-9-12-28-26(18-23)31(35-21-34-28)36-24-10-13-30(27(32)19-24)39-20-22-6-3-2-4-7-22/h2-4,6-7,9-14,18-19,21,33H,5,8,15-17,20H2,1H3,(H,34,35,36). The van der Waals surface area contributed by atoms with E-state index in [4.69, 9.17) is 20.8 Å². The Morgan fingerprint density at radius 3 is 2.61 bits per heavy atom. The maximum absolute atomic E-state index is 11.2. The second kappa shape index (κ2) is 13.2. The van der Waals surface area contributed by atoms with Crippen LogP contribution >= 0.6 is 11.6 Å². The quantitative estimate of drug-likeness (QED) is 0.151. The lowest BCUT2D eigenvalue weighted by Crippen LogP contribution is -2.23. The zero-order valence-corrected chi connectivity index (χ0v) is 24.2. The predicted molar refractivity (Wildman–Crippen MR) is 164 cm³/mol. The molecule has 2 N–H and O–H groups in total. The Hall–Kier alpha value is -3.92. The summed E-state index contributed by atoms with van der Waals surface area (Å²) in [5.41, 5.74) is 3.55. The normalized spacial score (nSPS) is 11.6. The molecular weight excluding hydrogens is 560 g/mol. The summed E-state index contributed by atoms with van der Waals surface area (Å²) in [6.07, 6.45) is 4.36. The zero-order chi connectivity index (χ0) is 28.7. The summed E-state index contributed by atoms with van der Waals surface area (Å²) < 4.78 is 34.5. The number of rotatable bonds is 13. The van der Waals surface area contributed by atoms with E-state index >= 15 is 0 Å². The van der Waals surface area contributed by atoms with Crippen molar-refractivity contribution in [3.8, 4) is 17.1 Å². The van der Waals surface area contributed by atoms with Crippen LogP contribution in [0.3, 0.4) is 0 Å². The van der Waals surface area contributed by atoms with Gasteiger partial charge in [0.25, 0.3) is 0 Å². The van der Waals surface area contributed by atoms with Crippen molar-refractivity contribution in [3.05, 3.63) is 102 Å². The topological polar surface area (TPSA) is 106 Å². The molecule has 212 valence electrons. The van der Waals surface area contributed by atoms with E-state index in [-0.39, 0.29) is 5.75 Å². The van der Waals surface area contributed by atoms with Crippen LogP contribution in [0.1, 0.15) is 17.7 Å². The van der Waals surface area contributed by atoms with Gasteiger partial charge in [0.15, 0.2) is 0 Å². The fourth-order valence-corrected chi connectivity index (χ4v) is 5.07. The van der Waals surface area contributed by atoms with E-state index in [1.165, 1.54) is 12.6 Å². The van der Waals surface area contributed by atoms with Crippen molar-refractivity contribution >= 4 is 43.8 Å². The van der Waals surface area contributed by atoms with Gasteiger partial charge >= 0.3 is 0 Å². The third-order valence-electron chi connectivity index (χ3n) is 6.44. The molecule has 0 fully saturated rings. The Labute approximate surface area is 244 Å². The van der Waals surface area contributed by atoms with Gasteiger partial charge in [-0.25, -0.2) is 18.4 Å². The molecule has 0 bridgehead atoms. The summed E-state index contributed by atoms with van der Waals surface area (Å²) in [5, 5.41) is 7.86. The van der Waals surface area contributed by atoms with E-state index < -0.39 is 9.84 Å². The van der Waals surface area contributed by atoms with Gasteiger partial charge in [-0.2, -0.15) is 0 Å². The first-order chi connectivity index (χ1) is 19.8. The minimum atomic E-state index is -2.95. The first-order valence-electron chi connectivity index (χ1n) is 13.3. The average molecular weight is 591 g/mol. The van der Waals surface area contributed by atoms with Crippen molar-refractivity contribution in [1.29, 1.82) is 0 Å². The molecule has 0 saturated carbocycles. The number of furan rings is 1. The van der Waals surface area contributed by atoms with Crippen LogP contribution in [-0.2, 0) is 22.9 Å². The highest BCUT2D eigenvalue weighted by Gasteiger charge is 2.11. The van der Waals surface area contributed by atoms with E-state index in [1.807, 2.05) is 78.9 Å². The predicted octanol–water partition coefficient (Wildman–Crippen LogP) is 6.43. The molecule has 0 amide bonds. The molecule has 0 aliphatic heterocycles. The Kier molecular flexibility index (Phi) is 9.18. The molecule has 5 aromatic rings. The SMILES string of the molecule is CS(=O)(=O)CCNCCCc1ccc(-c2ccc3ncnc(Nc4ccc(OCc5ccccc5)c(Cl)c4)c3c2)o1. The summed E-state index contributed by atoms with van der Waals surface area (Å²) in [6, 6.07) is 25.3. The molecule has 10 heteroatoms. The number of nitrogens with one attached hydrogen (secondary N) is 2. The molecular formula is C31H31ClN4O4S. The number of benzene rings is 3. The molecule has 0 saturated heterocycles. The number of sulfone groups is 1. The lowest BCUT2D eigenvalue weighted by Gasteiger charge is -2.12. The second-order valence-electron chi connectivity index (χ2n) is 9.75. The van der Waals surface area contributed by atoms with Crippen LogP contribution < -0.4 is 15.4 Å². The third kappa shape index (κ3) is 8.07. The van der Waals surface area contributed by atoms with Gasteiger partial charge in [-0.05, 0) is 67.1 Å². The van der Waals surface area contributed by atoms with Crippen LogP contribution in [0, 0.1) is 0 Å². The molecule has 0 atom stereocenters. The Bertz CT molecular complexity index is 1730. The first-order valence-corrected chi connectivity index (χ1v) is 15.7. The fourth-order valence-electron chi connectivity index (χ4n) is 4.31. The number of halogens is 1. The van der Waals surface area contributed by atoms with Gasteiger partial charge in [-0.15, -0.1) is 0 Å². The molecule has 0 unspecified atom stereocenters. The largest absolute Gasteiger partial charge is 0.487 e. The number of fused-ring (bicyclic) bond motifs is 1. The lowest BCUT2D eigenvalue weighted by molar-refractivity contribution is 0.306. The molecule has 0 spiro atoms. The molecule has 2 heterocycles. The van der Waals surface area contributed by atoms with Crippen molar-refractivity contribution in [2.45, 2.75) is 19.4 Å². The van der Waals surface area contributed by atoms with Gasteiger partial charge in [0.2, 0.25) is 0 Å². The zero-order valence-electron chi connectivity index (χ0n) is 22.6. The number of aryl methyl sites for hydroxylation is 1. The highest BCUT2D eigenvalue weighted by atomic mass is 35.5. The van der Waals surface area contributed by atoms with Crippen LogP contribution in [0.5, 0.6) is 5.75 Å². The van der Waals surface area contributed by atoms with Crippen molar-refractivity contribution in [3.63, 3.8) is 0 Å². The van der Waals surface area contributed by atoms with Crippen molar-refractivity contribution in [2.24, 2.45) is 0 Å². The van der Waals surface area contributed by atoms with Crippen molar-refractivity contribution < 1.29 is 17.6 Å². The molecule has 0 aliphatic carbocycles. The van der Waals surface area contributed by atoms with Gasteiger partial charge in [-0.3, -0.25) is 0 Å². The smallest absolute Gasteiger partial charge is 0.148 e. The minimum Gasteiger partial charge on any atom is -0.487 e. The first kappa shape index (κ1) is 28.6. The Balaban J connectivity index is 1.24. The third-order valence-corrected chi connectivity index (χ3v) is 7.68. The molecule has 41 heavy (non-hydrogen) atoms. The maximum Gasteiger partial charge on any atom is 0.148 e. The van der Waals surface area contributed by atoms with Crippen molar-refractivity contribution in [1.82, 2.24) is 15.3 Å². The molecule has 2 aromatic heterocycles. The van der Waals surface area contributed by atoms with E-state index in [0.29, 0.717) is 29.7 Å². The molecule has 0 radical (unpaired) electrons. The maximum atomic E-state index is 11.2. The summed E-state index contributed by atoms with van der Waals surface area (Å²) in [6.45, 7) is 1.61. The number of aromatic nitrogens is 2. The van der Waals surface area contributed by atoms with Crippen LogP contribution in [0.2, 0.25) is 5.02 Å². The highest BCUT2D eigenvalue weighted by molar-refractivity contribution is 7.90. The minimum absolute atomic E-state index is 0.141. The lowest BCUT2D eigenvalue weighted by atomic mass is 10.1. The fraction of sp³-hybridized carbons (Fsp3) is 0.226. The van der Waals surface area contributed by atoms with Gasteiger partial charge in [0, 0.05) is 35.9 Å². The molecule has 3 aromatic carbocycles. The van der Waals surface area contributed by atoms with Crippen LogP contribution in [0.15, 0.2) is 89.6 Å². The molecule has 5 rings (SSSR count). The number of anilines is 2. The monoisotopic (exact) mass is 590 g/mol. The summed E-state index contributed by atoms with van der Waals surface area (Å²) >= 11 is 6.53. The van der Waals surface area contributed by atoms with E-state index in [2.05, 4.69) is 20.6 Å². The molecule has 0 aliphatic rings. The Morgan fingerprint density at radius 2 is 1.80 bits per heavy atom. The van der Waals surface area contributed by atoms with Crippen LogP contribution in [-0.4, -0.2) is 43.5 Å². The number of ether oxygens (including phenoxy) is 1. The van der Waals surface area contributed by atoms with Gasteiger partial charge in [-0.1, -0.05) is 41.9 Å². The number of nitrogens with zero attached hydrogens (tertiary/aromatic N) is 2. The van der Waals surface area contributed by atoms with E-state index in [1.54, 1.807) is 0 Å². The summed E-state index contributed by atoms with van der Waals surface area (Å²) in [4.78, 5) is 8.89. The average Bonchev–Trinajstić information content (AvgIpc) is 3.43. The number of hydrogen-bond donors (Lipinski definition) is 2. The second-order valence-corrected chi connectivity index (χ2v) is 12.4. The van der Waals surface area contributed by atoms with Crippen molar-refractivity contribution in [2.75, 3.05) is 30.4 Å². The summed E-state index contributed by atoms with van der Waals surface area (Å²) in [7, 11) is -2.95. The molecule has 8 nitrogen and oxygen atoms in total. The van der Waals surface area contributed by atoms with Crippen LogP contribution in [0.25, 0.3) is 22.2 Å². The summed E-state index contributed by atoms with van der Waals surface area (Å²) in [5.74, 6) is 3.02. The highest BCUT2D eigenvalue weighted by Crippen LogP contribution is 2.33. The van der Waals surface area contributed by atoms with Crippen LogP contribution in [0.4, 0.5) is 11.5 Å². The van der Waals surface area contributed by atoms with Gasteiger partial charge in [0.1, 0.15) is 45.9 Å². The van der Waals surface area contributed by atoms with E-state index in [9.17, 15) is 8.42 Å².